The molecule has 2 rings (SSSR count). The van der Waals surface area contributed by atoms with Crippen molar-refractivity contribution in [3.05, 3.63) is 53.1 Å². The minimum Gasteiger partial charge on any atom is -0.292 e. The van der Waals surface area contributed by atoms with E-state index in [2.05, 4.69) is 11.4 Å². The van der Waals surface area contributed by atoms with Gasteiger partial charge in [0.2, 0.25) is 0 Å². The van der Waals surface area contributed by atoms with Crippen molar-refractivity contribution in [3.63, 3.8) is 0 Å². The molecule has 0 unspecified atom stereocenters. The molecule has 0 fully saturated rings. The van der Waals surface area contributed by atoms with Crippen LogP contribution in [0.1, 0.15) is 5.56 Å². The minimum atomic E-state index is 0.721. The van der Waals surface area contributed by atoms with Crippen LogP contribution >= 0.6 is 23.4 Å². The number of benzene rings is 2. The van der Waals surface area contributed by atoms with E-state index in [9.17, 15) is 0 Å². The normalized spacial score (nSPS) is 9.83. The molecule has 18 heavy (non-hydrogen) atoms. The summed E-state index contributed by atoms with van der Waals surface area (Å²) in [6, 6.07) is 13.6. The monoisotopic (exact) mass is 274 g/mol. The van der Waals surface area contributed by atoms with Crippen LogP contribution in [0.2, 0.25) is 5.02 Å². The third kappa shape index (κ3) is 3.19. The summed E-state index contributed by atoms with van der Waals surface area (Å²) in [5, 5.41) is 12.1. The van der Waals surface area contributed by atoms with Crippen LogP contribution in [0.4, 0.5) is 5.69 Å². The Labute approximate surface area is 116 Å². The second-order valence-electron chi connectivity index (χ2n) is 3.79. The van der Waals surface area contributed by atoms with Crippen molar-refractivity contribution in [2.75, 3.05) is 5.32 Å². The zero-order valence-electron chi connectivity index (χ0n) is 9.77. The van der Waals surface area contributed by atoms with E-state index in [0.717, 1.165) is 26.1 Å². The molecule has 0 atom stereocenters. The zero-order valence-corrected chi connectivity index (χ0v) is 11.3. The first-order valence-electron chi connectivity index (χ1n) is 5.38. The van der Waals surface area contributed by atoms with Crippen LogP contribution in [0.25, 0.3) is 0 Å². The lowest BCUT2D eigenvalue weighted by molar-refractivity contribution is 1.33. The smallest absolute Gasteiger partial charge is 0.181 e. The van der Waals surface area contributed by atoms with E-state index in [0.29, 0.717) is 0 Å². The highest BCUT2D eigenvalue weighted by Gasteiger charge is 2.04. The molecule has 0 amide bonds. The molecule has 90 valence electrons. The van der Waals surface area contributed by atoms with Crippen molar-refractivity contribution in [2.45, 2.75) is 16.7 Å². The predicted molar refractivity (Wildman–Crippen MR) is 76.0 cm³/mol. The number of aryl methyl sites for hydroxylation is 1. The molecule has 0 heterocycles. The van der Waals surface area contributed by atoms with Gasteiger partial charge in [-0.1, -0.05) is 29.4 Å². The van der Waals surface area contributed by atoms with Crippen molar-refractivity contribution in [1.82, 2.24) is 0 Å². The third-order valence-corrected chi connectivity index (χ3v) is 3.69. The van der Waals surface area contributed by atoms with Gasteiger partial charge in [-0.25, -0.2) is 0 Å². The molecule has 4 heteroatoms. The van der Waals surface area contributed by atoms with Gasteiger partial charge in [0.25, 0.3) is 0 Å². The number of halogens is 1. The summed E-state index contributed by atoms with van der Waals surface area (Å²) in [5.41, 5.74) is 1.98. The number of hydrogen-bond acceptors (Lipinski definition) is 3. The molecule has 1 N–H and O–H groups in total. The lowest BCUT2D eigenvalue weighted by Gasteiger charge is -2.08. The SMILES string of the molecule is Cc1ccc(NC#N)c(Sc2ccc(Cl)cc2)c1. The van der Waals surface area contributed by atoms with Gasteiger partial charge in [0, 0.05) is 14.8 Å². The van der Waals surface area contributed by atoms with Gasteiger partial charge >= 0.3 is 0 Å². The average molecular weight is 275 g/mol. The number of anilines is 1. The molecule has 2 aromatic rings. The number of rotatable bonds is 3. The Morgan fingerprint density at radius 2 is 1.89 bits per heavy atom. The van der Waals surface area contributed by atoms with Crippen LogP contribution in [-0.2, 0) is 0 Å². The summed E-state index contributed by atoms with van der Waals surface area (Å²) in [5.74, 6) is 0. The molecular formula is C14H11ClN2S. The van der Waals surface area contributed by atoms with Gasteiger partial charge in [0.15, 0.2) is 6.19 Å². The third-order valence-electron chi connectivity index (χ3n) is 2.37. The van der Waals surface area contributed by atoms with Crippen molar-refractivity contribution in [2.24, 2.45) is 0 Å². The zero-order chi connectivity index (χ0) is 13.0. The van der Waals surface area contributed by atoms with E-state index in [-0.39, 0.29) is 0 Å². The fourth-order valence-corrected chi connectivity index (χ4v) is 2.63. The molecule has 0 saturated carbocycles. The van der Waals surface area contributed by atoms with Crippen LogP contribution in [0, 0.1) is 18.4 Å². The molecule has 0 aliphatic heterocycles. The number of nitrogens with zero attached hydrogens (tertiary/aromatic N) is 1. The number of nitrogens with one attached hydrogen (secondary N) is 1. The van der Waals surface area contributed by atoms with E-state index in [1.807, 2.05) is 49.5 Å². The number of hydrogen-bond donors (Lipinski definition) is 1. The molecule has 0 aliphatic rings. The van der Waals surface area contributed by atoms with Gasteiger partial charge in [0.05, 0.1) is 5.69 Å². The Hall–Kier alpha value is -1.63. The van der Waals surface area contributed by atoms with Crippen LogP contribution in [0.5, 0.6) is 0 Å². The highest BCUT2D eigenvalue weighted by Crippen LogP contribution is 2.34. The van der Waals surface area contributed by atoms with Gasteiger partial charge in [-0.3, -0.25) is 5.32 Å². The Morgan fingerprint density at radius 3 is 2.56 bits per heavy atom. The second kappa shape index (κ2) is 5.81. The molecule has 0 bridgehead atoms. The van der Waals surface area contributed by atoms with Crippen molar-refractivity contribution >= 4 is 29.1 Å². The molecule has 2 nitrogen and oxygen atoms in total. The van der Waals surface area contributed by atoms with Crippen LogP contribution in [0.15, 0.2) is 52.3 Å². The van der Waals surface area contributed by atoms with Crippen LogP contribution < -0.4 is 5.32 Å². The van der Waals surface area contributed by atoms with Gasteiger partial charge in [-0.05, 0) is 48.9 Å². The lowest BCUT2D eigenvalue weighted by atomic mass is 10.2. The molecule has 0 aliphatic carbocycles. The molecule has 0 saturated heterocycles. The highest BCUT2D eigenvalue weighted by molar-refractivity contribution is 7.99. The van der Waals surface area contributed by atoms with E-state index in [4.69, 9.17) is 16.9 Å². The second-order valence-corrected chi connectivity index (χ2v) is 5.34. The summed E-state index contributed by atoms with van der Waals surface area (Å²) < 4.78 is 0. The first-order valence-corrected chi connectivity index (χ1v) is 6.57. The van der Waals surface area contributed by atoms with Crippen LogP contribution in [0.3, 0.4) is 0 Å². The summed E-state index contributed by atoms with van der Waals surface area (Å²) in [6.07, 6.45) is 1.95. The Bertz CT molecular complexity index is 588. The molecule has 2 aromatic carbocycles. The lowest BCUT2D eigenvalue weighted by Crippen LogP contribution is -1.90. The summed E-state index contributed by atoms with van der Waals surface area (Å²) in [4.78, 5) is 2.12. The van der Waals surface area contributed by atoms with E-state index >= 15 is 0 Å². The van der Waals surface area contributed by atoms with E-state index < -0.39 is 0 Å². The Kier molecular flexibility index (Phi) is 4.14. The van der Waals surface area contributed by atoms with Gasteiger partial charge in [0.1, 0.15) is 0 Å². The quantitative estimate of drug-likeness (QED) is 0.651. The summed E-state index contributed by atoms with van der Waals surface area (Å²) >= 11 is 7.46. The summed E-state index contributed by atoms with van der Waals surface area (Å²) in [7, 11) is 0. The van der Waals surface area contributed by atoms with E-state index in [1.54, 1.807) is 11.8 Å². The van der Waals surface area contributed by atoms with Crippen molar-refractivity contribution < 1.29 is 0 Å². The maximum absolute atomic E-state index is 8.73. The standard InChI is InChI=1S/C14H11ClN2S/c1-10-2-7-13(17-9-16)14(8-10)18-12-5-3-11(15)4-6-12/h2-8,17H,1H3. The van der Waals surface area contributed by atoms with Gasteiger partial charge in [-0.15, -0.1) is 0 Å². The molecule has 0 aromatic heterocycles. The Morgan fingerprint density at radius 1 is 1.17 bits per heavy atom. The van der Waals surface area contributed by atoms with Crippen LogP contribution in [-0.4, -0.2) is 0 Å². The van der Waals surface area contributed by atoms with Gasteiger partial charge < -0.3 is 0 Å². The fourth-order valence-electron chi connectivity index (χ4n) is 1.51. The van der Waals surface area contributed by atoms with E-state index in [1.165, 1.54) is 0 Å². The highest BCUT2D eigenvalue weighted by atomic mass is 35.5. The first-order chi connectivity index (χ1) is 8.69. The first kappa shape index (κ1) is 12.8. The van der Waals surface area contributed by atoms with Crippen molar-refractivity contribution in [1.29, 1.82) is 5.26 Å². The van der Waals surface area contributed by atoms with Crippen molar-refractivity contribution in [3.8, 4) is 6.19 Å². The Balaban J connectivity index is 2.30. The topological polar surface area (TPSA) is 35.8 Å². The maximum Gasteiger partial charge on any atom is 0.181 e. The maximum atomic E-state index is 8.73. The largest absolute Gasteiger partial charge is 0.292 e. The molecular weight excluding hydrogens is 264 g/mol. The minimum absolute atomic E-state index is 0.721. The van der Waals surface area contributed by atoms with Gasteiger partial charge in [-0.2, -0.15) is 5.26 Å². The number of nitriles is 1. The summed E-state index contributed by atoms with van der Waals surface area (Å²) in [6.45, 7) is 2.03. The molecule has 0 spiro atoms. The average Bonchev–Trinajstić information content (AvgIpc) is 2.36. The predicted octanol–water partition coefficient (Wildman–Crippen LogP) is 4.69. The fraction of sp³-hybridized carbons (Fsp3) is 0.0714. The molecule has 0 radical (unpaired) electrons.